The van der Waals surface area contributed by atoms with Gasteiger partial charge in [0.25, 0.3) is 0 Å². The van der Waals surface area contributed by atoms with E-state index in [0.29, 0.717) is 5.75 Å². The van der Waals surface area contributed by atoms with Crippen LogP contribution in [0.4, 0.5) is 32.0 Å². The van der Waals surface area contributed by atoms with Gasteiger partial charge in [0.1, 0.15) is 22.1 Å². The Bertz CT molecular complexity index is 785. The molecule has 0 aromatic heterocycles. The SMILES string of the molecule is CC(C)CSC1=NN=C(C(F)(F)F)C1(C)N(C=O)c1c(F)cc(F)cc1F. The Hall–Kier alpha value is -2.04. The molecule has 1 aromatic carbocycles. The fraction of sp³-hybridized carbons (Fsp3) is 0.438. The zero-order valence-corrected chi connectivity index (χ0v) is 15.3. The molecule has 4 nitrogen and oxygen atoms in total. The van der Waals surface area contributed by atoms with E-state index in [2.05, 4.69) is 10.2 Å². The summed E-state index contributed by atoms with van der Waals surface area (Å²) in [4.78, 5) is 11.9. The lowest BCUT2D eigenvalue weighted by molar-refractivity contribution is -0.108. The number of amides is 1. The Labute approximate surface area is 155 Å². The molecule has 2 rings (SSSR count). The number of carbonyl (C=O) groups is 1. The number of hydrogen-bond donors (Lipinski definition) is 0. The van der Waals surface area contributed by atoms with Crippen molar-refractivity contribution in [1.29, 1.82) is 0 Å². The van der Waals surface area contributed by atoms with Crippen LogP contribution in [0, 0.1) is 23.4 Å². The lowest BCUT2D eigenvalue weighted by atomic mass is 9.93. The lowest BCUT2D eigenvalue weighted by Gasteiger charge is -2.37. The molecule has 0 aliphatic carbocycles. The molecule has 1 aromatic rings. The predicted molar refractivity (Wildman–Crippen MR) is 91.5 cm³/mol. The van der Waals surface area contributed by atoms with Gasteiger partial charge in [-0.05, 0) is 12.8 Å². The highest BCUT2D eigenvalue weighted by molar-refractivity contribution is 8.14. The topological polar surface area (TPSA) is 45.0 Å². The molecule has 0 saturated carbocycles. The van der Waals surface area contributed by atoms with Crippen LogP contribution in [0.5, 0.6) is 0 Å². The van der Waals surface area contributed by atoms with Gasteiger partial charge in [-0.3, -0.25) is 9.69 Å². The number of anilines is 1. The van der Waals surface area contributed by atoms with Crippen LogP contribution in [0.3, 0.4) is 0 Å². The van der Waals surface area contributed by atoms with E-state index < -0.39 is 40.6 Å². The Morgan fingerprint density at radius 1 is 1.19 bits per heavy atom. The number of alkyl halides is 3. The fourth-order valence-electron chi connectivity index (χ4n) is 2.50. The Balaban J connectivity index is 2.63. The molecule has 1 heterocycles. The number of carbonyl (C=O) groups excluding carboxylic acids is 1. The highest BCUT2D eigenvalue weighted by Gasteiger charge is 2.57. The molecule has 0 fully saturated rings. The van der Waals surface area contributed by atoms with E-state index in [1.807, 2.05) is 13.8 Å². The minimum Gasteiger partial charge on any atom is -0.292 e. The number of benzene rings is 1. The summed E-state index contributed by atoms with van der Waals surface area (Å²) in [5.74, 6) is -3.94. The molecule has 1 atom stereocenters. The summed E-state index contributed by atoms with van der Waals surface area (Å²) in [5, 5.41) is 6.39. The monoisotopic (exact) mass is 411 g/mol. The summed E-state index contributed by atoms with van der Waals surface area (Å²) in [6, 6.07) is 0.547. The van der Waals surface area contributed by atoms with Crippen molar-refractivity contribution in [3.63, 3.8) is 0 Å². The predicted octanol–water partition coefficient (Wildman–Crippen LogP) is 4.55. The molecule has 0 radical (unpaired) electrons. The van der Waals surface area contributed by atoms with Crippen LogP contribution in [-0.4, -0.2) is 34.6 Å². The van der Waals surface area contributed by atoms with Gasteiger partial charge >= 0.3 is 6.18 Å². The first-order valence-corrected chi connectivity index (χ1v) is 8.67. The van der Waals surface area contributed by atoms with Gasteiger partial charge in [0.05, 0.1) is 0 Å². The van der Waals surface area contributed by atoms with Gasteiger partial charge in [-0.15, -0.1) is 22.0 Å². The number of nitrogens with zero attached hydrogens (tertiary/aromatic N) is 3. The van der Waals surface area contributed by atoms with Crippen molar-refractivity contribution in [1.82, 2.24) is 0 Å². The maximum absolute atomic E-state index is 14.2. The second kappa shape index (κ2) is 7.53. The molecule has 0 N–H and O–H groups in total. The van der Waals surface area contributed by atoms with Gasteiger partial charge in [0, 0.05) is 17.9 Å². The van der Waals surface area contributed by atoms with Gasteiger partial charge in [0.15, 0.2) is 17.3 Å². The minimum absolute atomic E-state index is 0.0564. The van der Waals surface area contributed by atoms with Crippen molar-refractivity contribution in [2.75, 3.05) is 10.7 Å². The summed E-state index contributed by atoms with van der Waals surface area (Å²) >= 11 is 0.888. The quantitative estimate of drug-likeness (QED) is 0.527. The van der Waals surface area contributed by atoms with Crippen molar-refractivity contribution in [2.45, 2.75) is 32.5 Å². The fourth-order valence-corrected chi connectivity index (χ4v) is 3.57. The van der Waals surface area contributed by atoms with Crippen LogP contribution in [0.15, 0.2) is 22.3 Å². The molecular formula is C16H15F6N3OS. The third-order valence-corrected chi connectivity index (χ3v) is 5.34. The molecular weight excluding hydrogens is 396 g/mol. The second-order valence-corrected chi connectivity index (χ2v) is 7.33. The maximum atomic E-state index is 14.2. The van der Waals surface area contributed by atoms with Crippen molar-refractivity contribution in [3.8, 4) is 0 Å². The standard InChI is InChI=1S/C16H15F6N3OS/c1-8(2)6-27-14-15(3,13(23-24-14)16(20,21)22)25(7-26)12-10(18)4-9(17)5-11(12)19/h4-5,7-8H,6H2,1-3H3. The van der Waals surface area contributed by atoms with Crippen LogP contribution in [0.25, 0.3) is 0 Å². The molecule has 1 aliphatic rings. The van der Waals surface area contributed by atoms with E-state index >= 15 is 0 Å². The first-order valence-electron chi connectivity index (χ1n) is 7.68. The number of thioether (sulfide) groups is 1. The average molecular weight is 411 g/mol. The van der Waals surface area contributed by atoms with Gasteiger partial charge < -0.3 is 0 Å². The van der Waals surface area contributed by atoms with E-state index in [4.69, 9.17) is 0 Å². The first-order chi connectivity index (χ1) is 12.4. The van der Waals surface area contributed by atoms with E-state index in [1.54, 1.807) is 0 Å². The zero-order chi connectivity index (χ0) is 20.6. The average Bonchev–Trinajstić information content (AvgIpc) is 2.85. The van der Waals surface area contributed by atoms with Gasteiger partial charge in [-0.25, -0.2) is 13.2 Å². The Kier molecular flexibility index (Phi) is 5.93. The van der Waals surface area contributed by atoms with Crippen molar-refractivity contribution in [2.24, 2.45) is 16.1 Å². The smallest absolute Gasteiger partial charge is 0.292 e. The van der Waals surface area contributed by atoms with E-state index in [-0.39, 0.29) is 34.4 Å². The molecule has 11 heteroatoms. The van der Waals surface area contributed by atoms with Crippen LogP contribution in [0.2, 0.25) is 0 Å². The highest BCUT2D eigenvalue weighted by Crippen LogP contribution is 2.41. The van der Waals surface area contributed by atoms with Crippen molar-refractivity contribution < 1.29 is 31.1 Å². The summed E-state index contributed by atoms with van der Waals surface area (Å²) in [6.07, 6.45) is -5.18. The Morgan fingerprint density at radius 3 is 2.19 bits per heavy atom. The largest absolute Gasteiger partial charge is 0.434 e. The molecule has 0 saturated heterocycles. The summed E-state index contributed by atoms with van der Waals surface area (Å²) in [5.41, 5.74) is -5.03. The minimum atomic E-state index is -5.02. The van der Waals surface area contributed by atoms with Crippen LogP contribution in [0.1, 0.15) is 20.8 Å². The van der Waals surface area contributed by atoms with Crippen LogP contribution < -0.4 is 4.90 Å². The number of rotatable bonds is 5. The van der Waals surface area contributed by atoms with Gasteiger partial charge in [-0.1, -0.05) is 13.8 Å². The van der Waals surface area contributed by atoms with E-state index in [0.717, 1.165) is 18.7 Å². The summed E-state index contributed by atoms with van der Waals surface area (Å²) < 4.78 is 82.1. The molecule has 1 unspecified atom stereocenters. The molecule has 0 spiro atoms. The van der Waals surface area contributed by atoms with E-state index in [1.165, 1.54) is 0 Å². The highest BCUT2D eigenvalue weighted by atomic mass is 32.2. The van der Waals surface area contributed by atoms with Crippen molar-refractivity contribution >= 4 is 34.6 Å². The third-order valence-electron chi connectivity index (χ3n) is 3.75. The molecule has 27 heavy (non-hydrogen) atoms. The zero-order valence-electron chi connectivity index (χ0n) is 14.4. The maximum Gasteiger partial charge on any atom is 0.434 e. The summed E-state index contributed by atoms with van der Waals surface area (Å²) in [7, 11) is 0. The first kappa shape index (κ1) is 21.3. The second-order valence-electron chi connectivity index (χ2n) is 6.32. The molecule has 1 amide bonds. The van der Waals surface area contributed by atoms with Crippen LogP contribution >= 0.6 is 11.8 Å². The number of halogens is 6. The molecule has 148 valence electrons. The number of hydrogen-bond acceptors (Lipinski definition) is 4. The van der Waals surface area contributed by atoms with Crippen molar-refractivity contribution in [3.05, 3.63) is 29.6 Å². The van der Waals surface area contributed by atoms with E-state index in [9.17, 15) is 31.1 Å². The normalized spacial score (nSPS) is 19.9. The van der Waals surface area contributed by atoms with Gasteiger partial charge in [0.2, 0.25) is 6.41 Å². The van der Waals surface area contributed by atoms with Crippen LogP contribution in [-0.2, 0) is 4.79 Å². The summed E-state index contributed by atoms with van der Waals surface area (Å²) in [6.45, 7) is 4.56. The lowest BCUT2D eigenvalue weighted by Crippen LogP contribution is -2.60. The molecule has 0 bridgehead atoms. The third kappa shape index (κ3) is 3.97. The molecule has 1 aliphatic heterocycles. The Morgan fingerprint density at radius 2 is 1.74 bits per heavy atom. The van der Waals surface area contributed by atoms with Gasteiger partial charge in [-0.2, -0.15) is 13.2 Å².